The summed E-state index contributed by atoms with van der Waals surface area (Å²) in [6, 6.07) is -2.56. The van der Waals surface area contributed by atoms with Gasteiger partial charge in [-0.2, -0.15) is 0 Å². The predicted molar refractivity (Wildman–Crippen MR) is 200 cm³/mol. The molecule has 0 bridgehead atoms. The molecule has 3 fully saturated rings. The number of likely N-dealkylation sites (tertiary alicyclic amines) is 1. The predicted octanol–water partition coefficient (Wildman–Crippen LogP) is 4.75. The number of unbranched alkanes of at least 4 members (excludes halogenated alkanes) is 2. The van der Waals surface area contributed by atoms with Crippen molar-refractivity contribution in [2.45, 2.75) is 174 Å². The number of urea groups is 1. The van der Waals surface area contributed by atoms with E-state index in [2.05, 4.69) is 35.1 Å². The Balaban J connectivity index is 0.00000190. The zero-order valence-corrected chi connectivity index (χ0v) is 32.4. The standard InChI is InChI=1S/C31H55N5O7S.C5H10.CH4/c1-9-11-12-17-31(10-2,20-44(42)29(3,4)5)35-28(41)34-24(30(6,7)43-8)27(40)36-18-13-14-22(36)25(38)32-19-23(37)26(39)33-21-15-16-21;1-2-5-3-4-5;/h21-22,24H,9-20H2,1-8H3,(H,32,38)(H,33,39)(H2,34,35,41);5H,2-4H2,1H3;1H4. The van der Waals surface area contributed by atoms with Gasteiger partial charge >= 0.3 is 6.03 Å². The molecule has 4 unspecified atom stereocenters. The molecule has 3 rings (SSSR count). The van der Waals surface area contributed by atoms with Crippen LogP contribution >= 0.6 is 0 Å². The van der Waals surface area contributed by atoms with Crippen molar-refractivity contribution in [1.29, 1.82) is 0 Å². The lowest BCUT2D eigenvalue weighted by molar-refractivity contribution is -0.145. The number of hydrogen-bond donors (Lipinski definition) is 4. The van der Waals surface area contributed by atoms with E-state index in [1.165, 1.54) is 31.3 Å². The van der Waals surface area contributed by atoms with E-state index in [1.807, 2.05) is 27.7 Å². The van der Waals surface area contributed by atoms with Crippen LogP contribution in [0.2, 0.25) is 0 Å². The zero-order valence-electron chi connectivity index (χ0n) is 31.6. The fraction of sp³-hybridized carbons (Fsp3) is 0.865. The van der Waals surface area contributed by atoms with Crippen molar-refractivity contribution >= 4 is 40.3 Å². The number of rotatable bonds is 18. The molecular formula is C37H69N5O7S. The van der Waals surface area contributed by atoms with Crippen LogP contribution in [-0.2, 0) is 34.7 Å². The summed E-state index contributed by atoms with van der Waals surface area (Å²) < 4.78 is 18.4. The van der Waals surface area contributed by atoms with E-state index < -0.39 is 74.9 Å². The van der Waals surface area contributed by atoms with Gasteiger partial charge in [-0.05, 0) is 79.1 Å². The van der Waals surface area contributed by atoms with Gasteiger partial charge in [0.25, 0.3) is 5.91 Å². The number of nitrogens with one attached hydrogen (secondary N) is 4. The third-order valence-corrected chi connectivity index (χ3v) is 12.0. The maximum Gasteiger partial charge on any atom is 0.316 e. The van der Waals surface area contributed by atoms with Gasteiger partial charge < -0.3 is 30.9 Å². The van der Waals surface area contributed by atoms with E-state index in [9.17, 15) is 28.2 Å². The lowest BCUT2D eigenvalue weighted by Crippen LogP contribution is -2.65. The van der Waals surface area contributed by atoms with E-state index in [-0.39, 0.29) is 25.8 Å². The third kappa shape index (κ3) is 14.6. The molecule has 12 nitrogen and oxygen atoms in total. The highest BCUT2D eigenvalue weighted by atomic mass is 32.2. The first-order valence-corrected chi connectivity index (χ1v) is 19.7. The summed E-state index contributed by atoms with van der Waals surface area (Å²) in [5, 5.41) is 11.0. The minimum atomic E-state index is -1.23. The highest BCUT2D eigenvalue weighted by Crippen LogP contribution is 2.31. The van der Waals surface area contributed by atoms with Crippen molar-refractivity contribution < 1.29 is 32.9 Å². The summed E-state index contributed by atoms with van der Waals surface area (Å²) in [6.07, 6.45) is 11.1. The summed E-state index contributed by atoms with van der Waals surface area (Å²) >= 11 is 0. The number of ketones is 1. The number of nitrogens with zero attached hydrogens (tertiary/aromatic N) is 1. The van der Waals surface area contributed by atoms with Crippen molar-refractivity contribution in [3.63, 3.8) is 0 Å². The zero-order chi connectivity index (χ0) is 37.0. The van der Waals surface area contributed by atoms with Gasteiger partial charge in [0.1, 0.15) is 12.1 Å². The van der Waals surface area contributed by atoms with Crippen LogP contribution in [0.4, 0.5) is 4.79 Å². The van der Waals surface area contributed by atoms with Gasteiger partial charge in [0.2, 0.25) is 17.6 Å². The first-order valence-electron chi connectivity index (χ1n) is 18.4. The SMILES string of the molecule is C.CCC1CC1.CCCCCC(CC)(CS(=O)C(C)(C)C)NC(=O)NC(C(=O)N1CCCC1C(=O)NCC(=O)C(=O)NC1CC1)C(C)(C)OC. The Labute approximate surface area is 304 Å². The van der Waals surface area contributed by atoms with Gasteiger partial charge in [0.05, 0.1) is 17.7 Å². The molecule has 1 aliphatic heterocycles. The lowest BCUT2D eigenvalue weighted by Gasteiger charge is -2.39. The average Bonchev–Trinajstić information content (AvgIpc) is 4.00. The van der Waals surface area contributed by atoms with Gasteiger partial charge in [-0.15, -0.1) is 0 Å². The van der Waals surface area contributed by atoms with Crippen LogP contribution in [0.3, 0.4) is 0 Å². The van der Waals surface area contributed by atoms with Crippen molar-refractivity contribution in [2.24, 2.45) is 5.92 Å². The molecule has 290 valence electrons. The maximum absolute atomic E-state index is 14.0. The number of hydrogen-bond acceptors (Lipinski definition) is 7. The molecule has 3 aliphatic rings. The largest absolute Gasteiger partial charge is 0.376 e. The van der Waals surface area contributed by atoms with Gasteiger partial charge in [0.15, 0.2) is 0 Å². The Kier molecular flexibility index (Phi) is 18.6. The molecule has 1 saturated heterocycles. The van der Waals surface area contributed by atoms with E-state index in [0.717, 1.165) is 38.0 Å². The second-order valence-corrected chi connectivity index (χ2v) is 17.7. The van der Waals surface area contributed by atoms with Crippen molar-refractivity contribution in [2.75, 3.05) is 26.0 Å². The Morgan fingerprint density at radius 3 is 2.06 bits per heavy atom. The lowest BCUT2D eigenvalue weighted by atomic mass is 9.91. The number of methoxy groups -OCH3 is 1. The highest BCUT2D eigenvalue weighted by Gasteiger charge is 2.45. The normalized spacial score (nSPS) is 19.8. The maximum atomic E-state index is 14.0. The Morgan fingerprint density at radius 2 is 1.58 bits per heavy atom. The van der Waals surface area contributed by atoms with Crippen LogP contribution in [0.15, 0.2) is 0 Å². The fourth-order valence-electron chi connectivity index (χ4n) is 5.63. The topological polar surface area (TPSA) is 163 Å². The Hall–Kier alpha value is -2.54. The quantitative estimate of drug-likeness (QED) is 0.117. The summed E-state index contributed by atoms with van der Waals surface area (Å²) in [5.74, 6) is -1.09. The molecule has 0 spiro atoms. The van der Waals surface area contributed by atoms with Crippen molar-refractivity contribution in [3.8, 4) is 0 Å². The van der Waals surface area contributed by atoms with Crippen LogP contribution in [0, 0.1) is 5.92 Å². The van der Waals surface area contributed by atoms with Gasteiger partial charge in [-0.1, -0.05) is 66.7 Å². The minimum absolute atomic E-state index is 0. The van der Waals surface area contributed by atoms with Crippen molar-refractivity contribution in [1.82, 2.24) is 26.2 Å². The first-order chi connectivity index (χ1) is 22.9. The van der Waals surface area contributed by atoms with Crippen molar-refractivity contribution in [3.05, 3.63) is 0 Å². The van der Waals surface area contributed by atoms with E-state index >= 15 is 0 Å². The Morgan fingerprint density at radius 1 is 0.940 bits per heavy atom. The second kappa shape index (κ2) is 20.5. The van der Waals surface area contributed by atoms with Crippen LogP contribution in [-0.4, -0.2) is 98.6 Å². The number of ether oxygens (including phenoxy) is 1. The summed E-state index contributed by atoms with van der Waals surface area (Å²) in [6.45, 7) is 15.2. The molecule has 0 aromatic heterocycles. The Bertz CT molecular complexity index is 1170. The molecule has 5 amide bonds. The van der Waals surface area contributed by atoms with E-state index in [1.54, 1.807) is 13.8 Å². The fourth-order valence-corrected chi connectivity index (χ4v) is 6.99. The smallest absolute Gasteiger partial charge is 0.316 e. The van der Waals surface area contributed by atoms with Crippen LogP contribution in [0.1, 0.15) is 140 Å². The number of carbonyl (C=O) groups is 5. The van der Waals surface area contributed by atoms with E-state index in [4.69, 9.17) is 4.74 Å². The van der Waals surface area contributed by atoms with Crippen LogP contribution < -0.4 is 21.3 Å². The molecule has 2 saturated carbocycles. The minimum Gasteiger partial charge on any atom is -0.376 e. The molecular weight excluding hydrogens is 659 g/mol. The summed E-state index contributed by atoms with van der Waals surface area (Å²) in [4.78, 5) is 66.2. The molecule has 13 heteroatoms. The molecule has 0 radical (unpaired) electrons. The first kappa shape index (κ1) is 45.5. The monoisotopic (exact) mass is 727 g/mol. The molecule has 0 aromatic rings. The third-order valence-electron chi connectivity index (χ3n) is 9.85. The summed E-state index contributed by atoms with van der Waals surface area (Å²) in [5.41, 5.74) is -1.88. The van der Waals surface area contributed by atoms with Crippen LogP contribution in [0.5, 0.6) is 0 Å². The molecule has 1 heterocycles. The summed E-state index contributed by atoms with van der Waals surface area (Å²) in [7, 11) is 0.219. The molecule has 4 atom stereocenters. The molecule has 50 heavy (non-hydrogen) atoms. The second-order valence-electron chi connectivity index (χ2n) is 15.5. The van der Waals surface area contributed by atoms with E-state index in [0.29, 0.717) is 25.7 Å². The number of amides is 5. The molecule has 0 aromatic carbocycles. The average molecular weight is 728 g/mol. The molecule has 2 aliphatic carbocycles. The van der Waals surface area contributed by atoms with Gasteiger partial charge in [-0.3, -0.25) is 23.4 Å². The highest BCUT2D eigenvalue weighted by molar-refractivity contribution is 7.86. The van der Waals surface area contributed by atoms with Gasteiger partial charge in [-0.25, -0.2) is 4.79 Å². The van der Waals surface area contributed by atoms with Crippen LogP contribution in [0.25, 0.3) is 0 Å². The number of carbonyl (C=O) groups excluding carboxylic acids is 5. The number of Topliss-reactive ketones (excluding diaryl/α,β-unsaturated/α-hetero) is 1. The van der Waals surface area contributed by atoms with Gasteiger partial charge in [0, 0.05) is 41.0 Å². The molecule has 4 N–H and O–H groups in total.